The average Bonchev–Trinajstić information content (AvgIpc) is 2.98. The fourth-order valence-corrected chi connectivity index (χ4v) is 2.50. The SMILES string of the molecule is CC[C@H](NC(=O)c1nccc2ccccc12)c1ncc(C)[nH]1. The van der Waals surface area contributed by atoms with E-state index in [0.717, 1.165) is 28.7 Å². The van der Waals surface area contributed by atoms with Crippen molar-refractivity contribution >= 4 is 16.7 Å². The van der Waals surface area contributed by atoms with Crippen LogP contribution in [0.5, 0.6) is 0 Å². The van der Waals surface area contributed by atoms with Gasteiger partial charge in [-0.15, -0.1) is 0 Å². The quantitative estimate of drug-likeness (QED) is 0.776. The topological polar surface area (TPSA) is 70.7 Å². The van der Waals surface area contributed by atoms with Gasteiger partial charge in [0.05, 0.1) is 6.04 Å². The van der Waals surface area contributed by atoms with E-state index in [2.05, 4.69) is 20.3 Å². The van der Waals surface area contributed by atoms with Gasteiger partial charge in [-0.05, 0) is 24.8 Å². The lowest BCUT2D eigenvalue weighted by Crippen LogP contribution is -2.29. The summed E-state index contributed by atoms with van der Waals surface area (Å²) in [5, 5.41) is 4.87. The van der Waals surface area contributed by atoms with Crippen molar-refractivity contribution in [2.45, 2.75) is 26.3 Å². The molecule has 1 atom stereocenters. The predicted octanol–water partition coefficient (Wildman–Crippen LogP) is 3.15. The van der Waals surface area contributed by atoms with Crippen molar-refractivity contribution in [2.75, 3.05) is 0 Å². The molecule has 2 heterocycles. The molecule has 0 fully saturated rings. The van der Waals surface area contributed by atoms with Gasteiger partial charge >= 0.3 is 0 Å². The highest BCUT2D eigenvalue weighted by atomic mass is 16.1. The minimum atomic E-state index is -0.183. The van der Waals surface area contributed by atoms with E-state index in [1.165, 1.54) is 0 Å². The molecule has 1 amide bonds. The zero-order chi connectivity index (χ0) is 15.5. The van der Waals surface area contributed by atoms with E-state index < -0.39 is 0 Å². The standard InChI is InChI=1S/C17H18N4O/c1-3-14(16-19-10-11(2)20-16)21-17(22)15-13-7-5-4-6-12(13)8-9-18-15/h4-10,14H,3H2,1-2H3,(H,19,20)(H,21,22)/t14-/m0/s1. The number of amides is 1. The van der Waals surface area contributed by atoms with Crippen LogP contribution >= 0.6 is 0 Å². The number of imidazole rings is 1. The van der Waals surface area contributed by atoms with E-state index in [1.807, 2.05) is 44.2 Å². The van der Waals surface area contributed by atoms with Crippen molar-refractivity contribution in [3.8, 4) is 0 Å². The molecule has 22 heavy (non-hydrogen) atoms. The zero-order valence-corrected chi connectivity index (χ0v) is 12.6. The van der Waals surface area contributed by atoms with Gasteiger partial charge in [-0.1, -0.05) is 31.2 Å². The van der Waals surface area contributed by atoms with Crippen LogP contribution in [0.3, 0.4) is 0 Å². The number of pyridine rings is 1. The van der Waals surface area contributed by atoms with Crippen LogP contribution in [0.2, 0.25) is 0 Å². The molecule has 2 aromatic heterocycles. The third-order valence-electron chi connectivity index (χ3n) is 3.65. The Kier molecular flexibility index (Phi) is 3.87. The first-order valence-corrected chi connectivity index (χ1v) is 7.35. The van der Waals surface area contributed by atoms with Gasteiger partial charge in [-0.2, -0.15) is 0 Å². The number of aromatic nitrogens is 3. The Morgan fingerprint density at radius 1 is 1.27 bits per heavy atom. The molecular weight excluding hydrogens is 276 g/mol. The second-order valence-electron chi connectivity index (χ2n) is 5.27. The molecule has 112 valence electrons. The first-order chi connectivity index (χ1) is 10.7. The number of fused-ring (bicyclic) bond motifs is 1. The summed E-state index contributed by atoms with van der Waals surface area (Å²) in [7, 11) is 0. The minimum absolute atomic E-state index is 0.151. The van der Waals surface area contributed by atoms with Gasteiger partial charge in [0.15, 0.2) is 0 Å². The van der Waals surface area contributed by atoms with E-state index in [-0.39, 0.29) is 11.9 Å². The fourth-order valence-electron chi connectivity index (χ4n) is 2.50. The number of hydrogen-bond acceptors (Lipinski definition) is 3. The zero-order valence-electron chi connectivity index (χ0n) is 12.6. The van der Waals surface area contributed by atoms with Crippen LogP contribution in [0.4, 0.5) is 0 Å². The number of nitrogens with zero attached hydrogens (tertiary/aromatic N) is 2. The molecule has 0 unspecified atom stereocenters. The molecule has 0 radical (unpaired) electrons. The molecule has 1 aromatic carbocycles. The molecule has 0 saturated carbocycles. The van der Waals surface area contributed by atoms with E-state index >= 15 is 0 Å². The minimum Gasteiger partial charge on any atom is -0.344 e. The first kappa shape index (κ1) is 14.3. The van der Waals surface area contributed by atoms with Gasteiger partial charge in [0.1, 0.15) is 11.5 Å². The first-order valence-electron chi connectivity index (χ1n) is 7.35. The van der Waals surface area contributed by atoms with Crippen molar-refractivity contribution in [1.82, 2.24) is 20.3 Å². The van der Waals surface area contributed by atoms with Gasteiger partial charge in [-0.3, -0.25) is 9.78 Å². The molecule has 5 heteroatoms. The second-order valence-corrected chi connectivity index (χ2v) is 5.27. The fraction of sp³-hybridized carbons (Fsp3) is 0.235. The summed E-state index contributed by atoms with van der Waals surface area (Å²) in [4.78, 5) is 24.3. The van der Waals surface area contributed by atoms with Crippen molar-refractivity contribution < 1.29 is 4.79 Å². The molecule has 0 aliphatic rings. The average molecular weight is 294 g/mol. The van der Waals surface area contributed by atoms with Crippen molar-refractivity contribution in [1.29, 1.82) is 0 Å². The number of rotatable bonds is 4. The summed E-state index contributed by atoms with van der Waals surface area (Å²) in [5.41, 5.74) is 1.42. The molecule has 0 spiro atoms. The number of aryl methyl sites for hydroxylation is 1. The second kappa shape index (κ2) is 5.97. The lowest BCUT2D eigenvalue weighted by molar-refractivity contribution is 0.0930. The molecule has 0 aliphatic carbocycles. The molecule has 3 aromatic rings. The summed E-state index contributed by atoms with van der Waals surface area (Å²) in [6.45, 7) is 3.95. The summed E-state index contributed by atoms with van der Waals surface area (Å²) < 4.78 is 0. The Balaban J connectivity index is 1.89. The van der Waals surface area contributed by atoms with Crippen LogP contribution in [0.15, 0.2) is 42.7 Å². The molecule has 0 aliphatic heterocycles. The summed E-state index contributed by atoms with van der Waals surface area (Å²) in [6.07, 6.45) is 4.18. The summed E-state index contributed by atoms with van der Waals surface area (Å²) in [6, 6.07) is 9.50. The summed E-state index contributed by atoms with van der Waals surface area (Å²) in [5.74, 6) is 0.589. The molecule has 2 N–H and O–H groups in total. The number of carbonyl (C=O) groups excluding carboxylic acids is 1. The Hall–Kier alpha value is -2.69. The lowest BCUT2D eigenvalue weighted by Gasteiger charge is -2.15. The number of carbonyl (C=O) groups is 1. The highest BCUT2D eigenvalue weighted by Crippen LogP contribution is 2.18. The monoisotopic (exact) mass is 294 g/mol. The van der Waals surface area contributed by atoms with Crippen molar-refractivity contribution in [2.24, 2.45) is 0 Å². The van der Waals surface area contributed by atoms with Crippen LogP contribution in [-0.2, 0) is 0 Å². The number of nitrogens with one attached hydrogen (secondary N) is 2. The molecule has 5 nitrogen and oxygen atoms in total. The smallest absolute Gasteiger partial charge is 0.271 e. The maximum Gasteiger partial charge on any atom is 0.271 e. The summed E-state index contributed by atoms with van der Waals surface area (Å²) >= 11 is 0. The molecule has 3 rings (SSSR count). The number of H-pyrrole nitrogens is 1. The van der Waals surface area contributed by atoms with Gasteiger partial charge in [0.25, 0.3) is 5.91 Å². The molecular formula is C17H18N4O. The predicted molar refractivity (Wildman–Crippen MR) is 85.6 cm³/mol. The van der Waals surface area contributed by atoms with Gasteiger partial charge < -0.3 is 10.3 Å². The molecule has 0 saturated heterocycles. The lowest BCUT2D eigenvalue weighted by atomic mass is 10.1. The normalized spacial score (nSPS) is 12.3. The van der Waals surface area contributed by atoms with Gasteiger partial charge in [0, 0.05) is 23.5 Å². The Morgan fingerprint density at radius 2 is 2.09 bits per heavy atom. The number of benzene rings is 1. The van der Waals surface area contributed by atoms with E-state index in [9.17, 15) is 4.79 Å². The van der Waals surface area contributed by atoms with E-state index in [4.69, 9.17) is 0 Å². The third kappa shape index (κ3) is 2.70. The number of aromatic amines is 1. The Morgan fingerprint density at radius 3 is 2.82 bits per heavy atom. The van der Waals surface area contributed by atoms with Crippen LogP contribution in [-0.4, -0.2) is 20.9 Å². The van der Waals surface area contributed by atoms with Crippen molar-refractivity contribution in [3.05, 3.63) is 59.9 Å². The van der Waals surface area contributed by atoms with Crippen LogP contribution in [0, 0.1) is 6.92 Å². The van der Waals surface area contributed by atoms with Crippen molar-refractivity contribution in [3.63, 3.8) is 0 Å². The van der Waals surface area contributed by atoms with Gasteiger partial charge in [-0.25, -0.2) is 4.98 Å². The third-order valence-corrected chi connectivity index (χ3v) is 3.65. The van der Waals surface area contributed by atoms with Crippen LogP contribution < -0.4 is 5.32 Å². The Bertz CT molecular complexity index is 804. The highest BCUT2D eigenvalue weighted by molar-refractivity contribution is 6.05. The maximum absolute atomic E-state index is 12.6. The Labute approximate surface area is 128 Å². The number of hydrogen-bond donors (Lipinski definition) is 2. The highest BCUT2D eigenvalue weighted by Gasteiger charge is 2.18. The van der Waals surface area contributed by atoms with Gasteiger partial charge in [0.2, 0.25) is 0 Å². The molecule has 0 bridgehead atoms. The largest absolute Gasteiger partial charge is 0.344 e. The van der Waals surface area contributed by atoms with E-state index in [1.54, 1.807) is 12.4 Å². The maximum atomic E-state index is 12.6. The van der Waals surface area contributed by atoms with E-state index in [0.29, 0.717) is 5.69 Å². The van der Waals surface area contributed by atoms with Crippen LogP contribution in [0.1, 0.15) is 41.4 Å². The van der Waals surface area contributed by atoms with Crippen LogP contribution in [0.25, 0.3) is 10.8 Å².